The molecule has 0 unspecified atom stereocenters. The van der Waals surface area contributed by atoms with Gasteiger partial charge in [0.15, 0.2) is 0 Å². The van der Waals surface area contributed by atoms with Crippen LogP contribution < -0.4 is 5.32 Å². The van der Waals surface area contributed by atoms with Gasteiger partial charge in [-0.3, -0.25) is 0 Å². The number of aromatic amines is 1. The minimum atomic E-state index is -0.330. The van der Waals surface area contributed by atoms with Crippen LogP contribution in [0.2, 0.25) is 0 Å². The third-order valence-electron chi connectivity index (χ3n) is 2.52. The summed E-state index contributed by atoms with van der Waals surface area (Å²) in [5.41, 5.74) is 1.24. The monoisotopic (exact) mass is 238 g/mol. The van der Waals surface area contributed by atoms with Crippen molar-refractivity contribution in [2.75, 3.05) is 25.1 Å². The molecule has 2 N–H and O–H groups in total. The van der Waals surface area contributed by atoms with Crippen molar-refractivity contribution in [1.29, 1.82) is 0 Å². The number of hydrogen-bond donors (Lipinski definition) is 2. The first-order valence-electron chi connectivity index (χ1n) is 6.01. The number of rotatable bonds is 7. The molecule has 0 amide bonds. The van der Waals surface area contributed by atoms with Crippen molar-refractivity contribution in [3.05, 3.63) is 18.0 Å². The van der Waals surface area contributed by atoms with Crippen LogP contribution >= 0.6 is 0 Å². The second-order valence-electron chi connectivity index (χ2n) is 3.98. The highest BCUT2D eigenvalue weighted by Gasteiger charge is 2.21. The van der Waals surface area contributed by atoms with Crippen LogP contribution in [-0.2, 0) is 9.47 Å². The maximum Gasteiger partial charge on any atom is 0.356 e. The predicted molar refractivity (Wildman–Crippen MR) is 64.2 cm³/mol. The Bertz CT molecular complexity index is 372. The Labute approximate surface area is 100 Å². The van der Waals surface area contributed by atoms with Crippen LogP contribution in [0.25, 0.3) is 0 Å². The first kappa shape index (κ1) is 12.0. The maximum absolute atomic E-state index is 11.6. The van der Waals surface area contributed by atoms with Crippen LogP contribution in [0.1, 0.15) is 30.3 Å². The van der Waals surface area contributed by atoms with Gasteiger partial charge in [-0.1, -0.05) is 0 Å². The Kier molecular flexibility index (Phi) is 4.03. The Morgan fingerprint density at radius 3 is 3.12 bits per heavy atom. The molecule has 0 saturated heterocycles. The van der Waals surface area contributed by atoms with Crippen molar-refractivity contribution in [3.63, 3.8) is 0 Å². The SMILES string of the molecule is CCOC(=O)c1[nH]ccc1NCCOC1CC1. The van der Waals surface area contributed by atoms with Crippen LogP contribution in [0, 0.1) is 0 Å². The van der Waals surface area contributed by atoms with Crippen molar-refractivity contribution in [2.24, 2.45) is 0 Å². The number of anilines is 1. The van der Waals surface area contributed by atoms with Crippen molar-refractivity contribution >= 4 is 11.7 Å². The summed E-state index contributed by atoms with van der Waals surface area (Å²) < 4.78 is 10.5. The number of carbonyl (C=O) groups is 1. The zero-order valence-corrected chi connectivity index (χ0v) is 9.99. The molecule has 1 aromatic heterocycles. The van der Waals surface area contributed by atoms with E-state index in [-0.39, 0.29) is 5.97 Å². The quantitative estimate of drug-likeness (QED) is 0.561. The molecule has 0 aromatic carbocycles. The summed E-state index contributed by atoms with van der Waals surface area (Å²) in [5, 5.41) is 3.16. The van der Waals surface area contributed by atoms with E-state index in [2.05, 4.69) is 10.3 Å². The second kappa shape index (κ2) is 5.72. The van der Waals surface area contributed by atoms with E-state index in [0.717, 1.165) is 5.69 Å². The van der Waals surface area contributed by atoms with Gasteiger partial charge in [-0.05, 0) is 25.8 Å². The minimum Gasteiger partial charge on any atom is -0.461 e. The lowest BCUT2D eigenvalue weighted by atomic mass is 10.3. The van der Waals surface area contributed by atoms with Gasteiger partial charge in [0, 0.05) is 12.7 Å². The van der Waals surface area contributed by atoms with E-state index in [0.29, 0.717) is 31.6 Å². The fourth-order valence-corrected chi connectivity index (χ4v) is 1.53. The molecule has 0 spiro atoms. The number of nitrogens with one attached hydrogen (secondary N) is 2. The molecule has 0 bridgehead atoms. The molecule has 0 atom stereocenters. The van der Waals surface area contributed by atoms with Gasteiger partial charge >= 0.3 is 5.97 Å². The molecule has 1 saturated carbocycles. The molecule has 1 aromatic rings. The largest absolute Gasteiger partial charge is 0.461 e. The second-order valence-corrected chi connectivity index (χ2v) is 3.98. The lowest BCUT2D eigenvalue weighted by Gasteiger charge is -2.07. The lowest BCUT2D eigenvalue weighted by Crippen LogP contribution is -2.13. The van der Waals surface area contributed by atoms with E-state index in [9.17, 15) is 4.79 Å². The summed E-state index contributed by atoms with van der Waals surface area (Å²) in [6.45, 7) is 3.53. The summed E-state index contributed by atoms with van der Waals surface area (Å²) in [5.74, 6) is -0.330. The first-order valence-corrected chi connectivity index (χ1v) is 6.01. The zero-order valence-electron chi connectivity index (χ0n) is 9.99. The highest BCUT2D eigenvalue weighted by molar-refractivity contribution is 5.93. The standard InChI is InChI=1S/C12H18N2O3/c1-2-16-12(15)11-10(5-6-14-11)13-7-8-17-9-3-4-9/h5-6,9,13-14H,2-4,7-8H2,1H3. The lowest BCUT2D eigenvalue weighted by molar-refractivity contribution is 0.0521. The van der Waals surface area contributed by atoms with E-state index in [4.69, 9.17) is 9.47 Å². The smallest absolute Gasteiger partial charge is 0.356 e. The van der Waals surface area contributed by atoms with Crippen molar-refractivity contribution in [2.45, 2.75) is 25.9 Å². The molecule has 1 heterocycles. The van der Waals surface area contributed by atoms with Crippen molar-refractivity contribution in [3.8, 4) is 0 Å². The van der Waals surface area contributed by atoms with Gasteiger partial charge in [0.05, 0.1) is 25.0 Å². The molecular formula is C12H18N2O3. The fraction of sp³-hybridized carbons (Fsp3) is 0.583. The fourth-order valence-electron chi connectivity index (χ4n) is 1.53. The van der Waals surface area contributed by atoms with Crippen molar-refractivity contribution < 1.29 is 14.3 Å². The average Bonchev–Trinajstić information content (AvgIpc) is 3.02. The van der Waals surface area contributed by atoms with Gasteiger partial charge in [0.1, 0.15) is 5.69 Å². The van der Waals surface area contributed by atoms with Gasteiger partial charge in [-0.2, -0.15) is 0 Å². The molecule has 1 aliphatic carbocycles. The molecule has 5 heteroatoms. The van der Waals surface area contributed by atoms with E-state index in [1.807, 2.05) is 6.07 Å². The minimum absolute atomic E-state index is 0.330. The molecule has 94 valence electrons. The highest BCUT2D eigenvalue weighted by Crippen LogP contribution is 2.23. The number of H-pyrrole nitrogens is 1. The number of esters is 1. The predicted octanol–water partition coefficient (Wildman–Crippen LogP) is 1.78. The van der Waals surface area contributed by atoms with Crippen molar-refractivity contribution in [1.82, 2.24) is 4.98 Å². The molecule has 1 fully saturated rings. The van der Waals surface area contributed by atoms with Gasteiger partial charge < -0.3 is 19.8 Å². The van der Waals surface area contributed by atoms with Gasteiger partial charge in [-0.15, -0.1) is 0 Å². The number of aromatic nitrogens is 1. The molecule has 17 heavy (non-hydrogen) atoms. The molecule has 2 rings (SSSR count). The molecule has 0 aliphatic heterocycles. The Morgan fingerprint density at radius 1 is 1.59 bits per heavy atom. The Balaban J connectivity index is 1.78. The van der Waals surface area contributed by atoms with Gasteiger partial charge in [-0.25, -0.2) is 4.79 Å². The summed E-state index contributed by atoms with van der Waals surface area (Å²) in [4.78, 5) is 14.4. The van der Waals surface area contributed by atoms with E-state index in [1.165, 1.54) is 12.8 Å². The maximum atomic E-state index is 11.6. The van der Waals surface area contributed by atoms with E-state index >= 15 is 0 Å². The summed E-state index contributed by atoms with van der Waals surface area (Å²) >= 11 is 0. The summed E-state index contributed by atoms with van der Waals surface area (Å²) in [6.07, 6.45) is 4.54. The number of hydrogen-bond acceptors (Lipinski definition) is 4. The first-order chi connectivity index (χ1) is 8.31. The van der Waals surface area contributed by atoms with E-state index < -0.39 is 0 Å². The molecular weight excluding hydrogens is 220 g/mol. The highest BCUT2D eigenvalue weighted by atomic mass is 16.5. The van der Waals surface area contributed by atoms with Crippen LogP contribution in [0.5, 0.6) is 0 Å². The molecule has 5 nitrogen and oxygen atoms in total. The number of ether oxygens (including phenoxy) is 2. The number of carbonyl (C=O) groups excluding carboxylic acids is 1. The summed E-state index contributed by atoms with van der Waals surface area (Å²) in [7, 11) is 0. The summed E-state index contributed by atoms with van der Waals surface area (Å²) in [6, 6.07) is 1.82. The normalized spacial score (nSPS) is 14.6. The van der Waals surface area contributed by atoms with Gasteiger partial charge in [0.2, 0.25) is 0 Å². The third-order valence-corrected chi connectivity index (χ3v) is 2.52. The third kappa shape index (κ3) is 3.49. The Morgan fingerprint density at radius 2 is 2.41 bits per heavy atom. The zero-order chi connectivity index (χ0) is 12.1. The molecule has 1 aliphatic rings. The van der Waals surface area contributed by atoms with Crippen LogP contribution in [-0.4, -0.2) is 36.8 Å². The average molecular weight is 238 g/mol. The van der Waals surface area contributed by atoms with Gasteiger partial charge in [0.25, 0.3) is 0 Å². The van der Waals surface area contributed by atoms with Crippen LogP contribution in [0.4, 0.5) is 5.69 Å². The molecule has 0 radical (unpaired) electrons. The topological polar surface area (TPSA) is 63.4 Å². The van der Waals surface area contributed by atoms with Crippen LogP contribution in [0.3, 0.4) is 0 Å². The van der Waals surface area contributed by atoms with E-state index in [1.54, 1.807) is 13.1 Å². The van der Waals surface area contributed by atoms with Crippen LogP contribution in [0.15, 0.2) is 12.3 Å². The Hall–Kier alpha value is -1.49.